The van der Waals surface area contributed by atoms with Crippen molar-refractivity contribution >= 4 is 11.3 Å². The molecule has 1 unspecified atom stereocenters. The van der Waals surface area contributed by atoms with Gasteiger partial charge >= 0.3 is 0 Å². The van der Waals surface area contributed by atoms with Gasteiger partial charge in [-0.3, -0.25) is 5.84 Å². The van der Waals surface area contributed by atoms with Crippen LogP contribution < -0.4 is 20.7 Å². The maximum atomic E-state index is 5.76. The van der Waals surface area contributed by atoms with Crippen molar-refractivity contribution in [2.75, 3.05) is 13.2 Å². The van der Waals surface area contributed by atoms with Crippen molar-refractivity contribution in [3.05, 3.63) is 45.6 Å². The Morgan fingerprint density at radius 1 is 1.26 bits per heavy atom. The molecular formula is C14H16N2O2S. The molecule has 0 fully saturated rings. The average Bonchev–Trinajstić information content (AvgIpc) is 2.86. The lowest BCUT2D eigenvalue weighted by molar-refractivity contribution is 0.169. The van der Waals surface area contributed by atoms with E-state index in [1.165, 1.54) is 10.4 Å². The van der Waals surface area contributed by atoms with E-state index in [4.69, 9.17) is 15.3 Å². The molecule has 1 aromatic carbocycles. The zero-order valence-corrected chi connectivity index (χ0v) is 11.5. The fourth-order valence-corrected chi connectivity index (χ4v) is 3.31. The van der Waals surface area contributed by atoms with Crippen molar-refractivity contribution < 1.29 is 9.47 Å². The lowest BCUT2D eigenvalue weighted by atomic mass is 10.0. The van der Waals surface area contributed by atoms with Crippen LogP contribution in [-0.4, -0.2) is 13.2 Å². The minimum Gasteiger partial charge on any atom is -0.486 e. The highest BCUT2D eigenvalue weighted by molar-refractivity contribution is 7.10. The van der Waals surface area contributed by atoms with Gasteiger partial charge in [-0.25, -0.2) is 5.43 Å². The van der Waals surface area contributed by atoms with Crippen LogP contribution in [0.2, 0.25) is 0 Å². The summed E-state index contributed by atoms with van der Waals surface area (Å²) >= 11 is 1.69. The van der Waals surface area contributed by atoms with Crippen molar-refractivity contribution in [1.82, 2.24) is 5.43 Å². The maximum absolute atomic E-state index is 5.76. The topological polar surface area (TPSA) is 56.5 Å². The van der Waals surface area contributed by atoms with E-state index in [2.05, 4.69) is 23.8 Å². The number of para-hydroxylation sites is 1. The van der Waals surface area contributed by atoms with Gasteiger partial charge in [-0.2, -0.15) is 0 Å². The summed E-state index contributed by atoms with van der Waals surface area (Å²) < 4.78 is 11.4. The number of nitrogens with two attached hydrogens (primary N) is 1. The van der Waals surface area contributed by atoms with Gasteiger partial charge in [-0.1, -0.05) is 12.1 Å². The van der Waals surface area contributed by atoms with E-state index < -0.39 is 0 Å². The molecule has 0 amide bonds. The Hall–Kier alpha value is -1.56. The molecule has 5 heteroatoms. The van der Waals surface area contributed by atoms with Crippen LogP contribution in [0.25, 0.3) is 0 Å². The summed E-state index contributed by atoms with van der Waals surface area (Å²) in [6.45, 7) is 3.25. The first-order valence-electron chi connectivity index (χ1n) is 6.20. The van der Waals surface area contributed by atoms with Crippen LogP contribution in [0, 0.1) is 6.92 Å². The minimum atomic E-state index is -0.0725. The van der Waals surface area contributed by atoms with E-state index in [1.54, 1.807) is 11.3 Å². The molecule has 3 N–H and O–H groups in total. The third-order valence-corrected chi connectivity index (χ3v) is 4.32. The van der Waals surface area contributed by atoms with Crippen molar-refractivity contribution in [2.24, 2.45) is 5.84 Å². The van der Waals surface area contributed by atoms with Gasteiger partial charge in [0.2, 0.25) is 0 Å². The largest absolute Gasteiger partial charge is 0.486 e. The Morgan fingerprint density at radius 3 is 2.84 bits per heavy atom. The number of hydrazine groups is 1. The van der Waals surface area contributed by atoms with Crippen LogP contribution >= 0.6 is 11.3 Å². The zero-order valence-electron chi connectivity index (χ0n) is 10.7. The van der Waals surface area contributed by atoms with Crippen LogP contribution in [-0.2, 0) is 0 Å². The van der Waals surface area contributed by atoms with Gasteiger partial charge in [-0.15, -0.1) is 11.3 Å². The predicted molar refractivity (Wildman–Crippen MR) is 75.7 cm³/mol. The van der Waals surface area contributed by atoms with E-state index in [-0.39, 0.29) is 6.04 Å². The number of aryl methyl sites for hydroxylation is 1. The minimum absolute atomic E-state index is 0.0725. The molecule has 0 radical (unpaired) electrons. The molecule has 3 rings (SSSR count). The van der Waals surface area contributed by atoms with Crippen LogP contribution in [0.15, 0.2) is 29.6 Å². The summed E-state index contributed by atoms with van der Waals surface area (Å²) in [6, 6.07) is 7.94. The van der Waals surface area contributed by atoms with Crippen molar-refractivity contribution in [3.63, 3.8) is 0 Å². The predicted octanol–water partition coefficient (Wildman–Crippen LogP) is 2.38. The van der Waals surface area contributed by atoms with Crippen LogP contribution in [0.4, 0.5) is 0 Å². The van der Waals surface area contributed by atoms with Gasteiger partial charge < -0.3 is 9.47 Å². The van der Waals surface area contributed by atoms with Gasteiger partial charge in [0.05, 0.1) is 6.04 Å². The van der Waals surface area contributed by atoms with Gasteiger partial charge in [0.1, 0.15) is 13.2 Å². The maximum Gasteiger partial charge on any atom is 0.166 e. The highest BCUT2D eigenvalue weighted by Gasteiger charge is 2.24. The number of hydrogen-bond donors (Lipinski definition) is 2. The second kappa shape index (κ2) is 5.21. The third-order valence-electron chi connectivity index (χ3n) is 3.24. The first-order chi connectivity index (χ1) is 9.31. The highest BCUT2D eigenvalue weighted by atomic mass is 32.1. The summed E-state index contributed by atoms with van der Waals surface area (Å²) in [4.78, 5) is 1.20. The molecule has 1 atom stereocenters. The zero-order chi connectivity index (χ0) is 13.2. The Balaban J connectivity index is 2.07. The standard InChI is InChI=1S/C14H16N2O2S/c1-9-5-8-19-14(9)12(16-15)10-3-2-4-11-13(10)18-7-6-17-11/h2-5,8,12,16H,6-7,15H2,1H3. The van der Waals surface area contributed by atoms with Gasteiger partial charge in [-0.05, 0) is 30.0 Å². The number of rotatable bonds is 3. The van der Waals surface area contributed by atoms with Gasteiger partial charge in [0.25, 0.3) is 0 Å². The Bertz CT molecular complexity index is 583. The second-order valence-electron chi connectivity index (χ2n) is 4.44. The lowest BCUT2D eigenvalue weighted by Gasteiger charge is -2.25. The SMILES string of the molecule is Cc1ccsc1C(NN)c1cccc2c1OCCO2. The Morgan fingerprint density at radius 2 is 2.11 bits per heavy atom. The molecule has 4 nitrogen and oxygen atoms in total. The molecule has 1 aliphatic heterocycles. The van der Waals surface area contributed by atoms with E-state index in [0.717, 1.165) is 17.1 Å². The molecule has 2 aromatic rings. The number of ether oxygens (including phenoxy) is 2. The number of nitrogens with one attached hydrogen (secondary N) is 1. The molecule has 0 bridgehead atoms. The molecule has 1 aliphatic rings. The molecule has 0 saturated heterocycles. The number of thiophene rings is 1. The highest BCUT2D eigenvalue weighted by Crippen LogP contribution is 2.40. The smallest absolute Gasteiger partial charge is 0.166 e. The summed E-state index contributed by atoms with van der Waals surface area (Å²) in [5, 5.41) is 2.07. The van der Waals surface area contributed by atoms with Crippen LogP contribution in [0.1, 0.15) is 22.0 Å². The van der Waals surface area contributed by atoms with E-state index in [1.807, 2.05) is 18.2 Å². The molecule has 0 spiro atoms. The van der Waals surface area contributed by atoms with E-state index >= 15 is 0 Å². The van der Waals surface area contributed by atoms with Crippen LogP contribution in [0.5, 0.6) is 11.5 Å². The van der Waals surface area contributed by atoms with Crippen molar-refractivity contribution in [2.45, 2.75) is 13.0 Å². The summed E-state index contributed by atoms with van der Waals surface area (Å²) in [7, 11) is 0. The average molecular weight is 276 g/mol. The fourth-order valence-electron chi connectivity index (χ4n) is 2.31. The number of fused-ring (bicyclic) bond motifs is 1. The summed E-state index contributed by atoms with van der Waals surface area (Å²) in [5.74, 6) is 7.34. The fraction of sp³-hybridized carbons (Fsp3) is 0.286. The molecule has 19 heavy (non-hydrogen) atoms. The second-order valence-corrected chi connectivity index (χ2v) is 5.39. The monoisotopic (exact) mass is 276 g/mol. The lowest BCUT2D eigenvalue weighted by Crippen LogP contribution is -2.30. The van der Waals surface area contributed by atoms with Gasteiger partial charge in [0, 0.05) is 10.4 Å². The first kappa shape index (κ1) is 12.5. The number of hydrogen-bond acceptors (Lipinski definition) is 5. The van der Waals surface area contributed by atoms with Crippen LogP contribution in [0.3, 0.4) is 0 Å². The van der Waals surface area contributed by atoms with E-state index in [0.29, 0.717) is 13.2 Å². The Labute approximate surface area is 116 Å². The van der Waals surface area contributed by atoms with Gasteiger partial charge in [0.15, 0.2) is 11.5 Å². The molecule has 1 aromatic heterocycles. The molecule has 2 heterocycles. The molecular weight excluding hydrogens is 260 g/mol. The Kier molecular flexibility index (Phi) is 3.42. The molecule has 0 aliphatic carbocycles. The first-order valence-corrected chi connectivity index (χ1v) is 7.08. The summed E-state index contributed by atoms with van der Waals surface area (Å²) in [6.07, 6.45) is 0. The van der Waals surface area contributed by atoms with Crippen molar-refractivity contribution in [3.8, 4) is 11.5 Å². The number of benzene rings is 1. The van der Waals surface area contributed by atoms with E-state index in [9.17, 15) is 0 Å². The summed E-state index contributed by atoms with van der Waals surface area (Å²) in [5.41, 5.74) is 5.13. The third kappa shape index (κ3) is 2.20. The normalized spacial score (nSPS) is 15.3. The molecule has 0 saturated carbocycles. The molecule has 100 valence electrons. The quantitative estimate of drug-likeness (QED) is 0.667. The van der Waals surface area contributed by atoms with Crippen molar-refractivity contribution in [1.29, 1.82) is 0 Å².